The fourth-order valence-electron chi connectivity index (χ4n) is 2.05. The molecule has 24 heavy (non-hydrogen) atoms. The van der Waals surface area contributed by atoms with E-state index < -0.39 is 11.6 Å². The summed E-state index contributed by atoms with van der Waals surface area (Å²) in [4.78, 5) is 27.8. The van der Waals surface area contributed by atoms with Crippen molar-refractivity contribution in [3.8, 4) is 0 Å². The Bertz CT molecular complexity index is 576. The normalized spacial score (nSPS) is 13.1. The molecule has 1 atom stereocenters. The molecule has 0 spiro atoms. The summed E-state index contributed by atoms with van der Waals surface area (Å²) >= 11 is 0. The molecule has 0 aliphatic heterocycles. The van der Waals surface area contributed by atoms with Crippen LogP contribution in [-0.4, -0.2) is 29.1 Å². The second kappa shape index (κ2) is 9.05. The first-order chi connectivity index (χ1) is 11.2. The number of esters is 2. The summed E-state index contributed by atoms with van der Waals surface area (Å²) in [5, 5.41) is 3.16. The van der Waals surface area contributed by atoms with Gasteiger partial charge in [0, 0.05) is 24.2 Å². The minimum absolute atomic E-state index is 0.138. The van der Waals surface area contributed by atoms with Gasteiger partial charge in [0.25, 0.3) is 0 Å². The van der Waals surface area contributed by atoms with Gasteiger partial charge < -0.3 is 14.8 Å². The lowest BCUT2D eigenvalue weighted by molar-refractivity contribution is -0.148. The number of hydrogen-bond acceptors (Lipinski definition) is 6. The summed E-state index contributed by atoms with van der Waals surface area (Å²) in [5.41, 5.74) is 0.881. The van der Waals surface area contributed by atoms with Crippen LogP contribution in [0.2, 0.25) is 0 Å². The first-order valence-electron chi connectivity index (χ1n) is 7.94. The Balaban J connectivity index is 2.84. The van der Waals surface area contributed by atoms with E-state index in [0.29, 0.717) is 12.3 Å². The minimum atomic E-state index is -0.554. The van der Waals surface area contributed by atoms with E-state index in [-0.39, 0.29) is 18.4 Å². The van der Waals surface area contributed by atoms with Crippen molar-refractivity contribution in [1.82, 2.24) is 10.3 Å². The molecule has 1 rings (SSSR count). The van der Waals surface area contributed by atoms with Crippen molar-refractivity contribution in [2.45, 2.75) is 52.7 Å². The van der Waals surface area contributed by atoms with Crippen molar-refractivity contribution in [3.63, 3.8) is 0 Å². The number of carbonyl (C=O) groups excluding carboxylic acids is 2. The number of pyridine rings is 1. The quantitative estimate of drug-likeness (QED) is 0.610. The lowest BCUT2D eigenvalue weighted by Crippen LogP contribution is -2.26. The van der Waals surface area contributed by atoms with Crippen molar-refractivity contribution < 1.29 is 19.1 Å². The van der Waals surface area contributed by atoms with Crippen molar-refractivity contribution in [2.24, 2.45) is 0 Å². The van der Waals surface area contributed by atoms with E-state index in [1.165, 1.54) is 6.08 Å². The molecule has 0 saturated carbocycles. The van der Waals surface area contributed by atoms with Crippen molar-refractivity contribution >= 4 is 11.9 Å². The van der Waals surface area contributed by atoms with Crippen LogP contribution in [0.25, 0.3) is 0 Å². The molecule has 6 heteroatoms. The molecule has 1 unspecified atom stereocenters. The summed E-state index contributed by atoms with van der Waals surface area (Å²) < 4.78 is 10.3. The van der Waals surface area contributed by atoms with Crippen molar-refractivity contribution in [1.29, 1.82) is 0 Å². The van der Waals surface area contributed by atoms with Gasteiger partial charge in [0.1, 0.15) is 5.60 Å². The number of nitrogens with zero attached hydrogens (tertiary/aromatic N) is 1. The molecular weight excluding hydrogens is 308 g/mol. The molecule has 132 valence electrons. The van der Waals surface area contributed by atoms with E-state index in [1.807, 2.05) is 6.07 Å². The summed E-state index contributed by atoms with van der Waals surface area (Å²) in [6, 6.07) is 3.32. The second-order valence-corrected chi connectivity index (χ2v) is 6.35. The fraction of sp³-hybridized carbons (Fsp3) is 0.500. The Labute approximate surface area is 143 Å². The van der Waals surface area contributed by atoms with Crippen LogP contribution < -0.4 is 5.32 Å². The summed E-state index contributed by atoms with van der Waals surface area (Å²) in [6.07, 6.45) is 4.85. The van der Waals surface area contributed by atoms with Gasteiger partial charge in [-0.2, -0.15) is 0 Å². The Morgan fingerprint density at radius 1 is 1.38 bits per heavy atom. The van der Waals surface area contributed by atoms with Gasteiger partial charge in [-0.15, -0.1) is 0 Å². The van der Waals surface area contributed by atoms with Crippen LogP contribution >= 0.6 is 0 Å². The van der Waals surface area contributed by atoms with Gasteiger partial charge in [-0.05, 0) is 46.2 Å². The minimum Gasteiger partial charge on any atom is -0.466 e. The number of ether oxygens (including phenoxy) is 2. The molecule has 0 amide bonds. The number of carbonyl (C=O) groups is 2. The van der Waals surface area contributed by atoms with Gasteiger partial charge in [0.05, 0.1) is 19.1 Å². The largest absolute Gasteiger partial charge is 0.466 e. The zero-order chi connectivity index (χ0) is 18.2. The highest BCUT2D eigenvalue weighted by atomic mass is 16.6. The molecule has 1 aromatic rings. The molecule has 1 N–H and O–H groups in total. The van der Waals surface area contributed by atoms with E-state index in [2.05, 4.69) is 10.3 Å². The van der Waals surface area contributed by atoms with E-state index in [4.69, 9.17) is 9.47 Å². The van der Waals surface area contributed by atoms with Crippen LogP contribution in [0.5, 0.6) is 0 Å². The molecular formula is C18H26N2O4. The van der Waals surface area contributed by atoms with Crippen LogP contribution in [-0.2, 0) is 19.1 Å². The monoisotopic (exact) mass is 334 g/mol. The van der Waals surface area contributed by atoms with Crippen LogP contribution in [0.3, 0.4) is 0 Å². The fourth-order valence-corrected chi connectivity index (χ4v) is 2.05. The molecule has 0 aliphatic carbocycles. The highest BCUT2D eigenvalue weighted by Crippen LogP contribution is 2.18. The molecule has 6 nitrogen and oxygen atoms in total. The third kappa shape index (κ3) is 7.76. The van der Waals surface area contributed by atoms with Gasteiger partial charge in [-0.25, -0.2) is 4.79 Å². The zero-order valence-corrected chi connectivity index (χ0v) is 15.0. The van der Waals surface area contributed by atoms with Crippen molar-refractivity contribution in [3.05, 3.63) is 41.9 Å². The van der Waals surface area contributed by atoms with E-state index >= 15 is 0 Å². The van der Waals surface area contributed by atoms with Gasteiger partial charge in [0.15, 0.2) is 0 Å². The Kier molecular flexibility index (Phi) is 7.42. The number of nitrogens with one attached hydrogen (secondary N) is 1. The average molecular weight is 334 g/mol. The van der Waals surface area contributed by atoms with Gasteiger partial charge >= 0.3 is 11.9 Å². The summed E-state index contributed by atoms with van der Waals surface area (Å²) in [6.45, 7) is 9.25. The van der Waals surface area contributed by atoms with E-state index in [9.17, 15) is 9.59 Å². The first-order valence-corrected chi connectivity index (χ1v) is 7.94. The summed E-state index contributed by atoms with van der Waals surface area (Å²) in [7, 11) is 0. The maximum Gasteiger partial charge on any atom is 0.333 e. The molecule has 0 radical (unpaired) electrons. The number of allylic oxidation sites excluding steroid dienone is 1. The lowest BCUT2D eigenvalue weighted by Gasteiger charge is -2.21. The number of hydrogen-bond donors (Lipinski definition) is 1. The van der Waals surface area contributed by atoms with E-state index in [1.54, 1.807) is 53.1 Å². The predicted octanol–water partition coefficient (Wildman–Crippen LogP) is 2.91. The van der Waals surface area contributed by atoms with Gasteiger partial charge in [0.2, 0.25) is 0 Å². The lowest BCUT2D eigenvalue weighted by atomic mass is 10.1. The molecule has 0 fully saturated rings. The standard InChI is InChI=1S/C18H26N2O4/c1-6-23-16(21)11-15(14-8-7-9-19-12-14)20-13(2)10-17(22)24-18(3,4)5/h7-10,12,15,20H,6,11H2,1-5H3/b13-10-. The van der Waals surface area contributed by atoms with Gasteiger partial charge in [-0.1, -0.05) is 6.07 Å². The zero-order valence-electron chi connectivity index (χ0n) is 15.0. The highest BCUT2D eigenvalue weighted by molar-refractivity contribution is 5.83. The third-order valence-corrected chi connectivity index (χ3v) is 2.91. The Hall–Kier alpha value is -2.37. The molecule has 0 aliphatic rings. The molecule has 0 saturated heterocycles. The SMILES string of the molecule is CCOC(=O)CC(N/C(C)=C\C(=O)OC(C)(C)C)c1cccnc1. The number of rotatable bonds is 7. The van der Waals surface area contributed by atoms with Crippen LogP contribution in [0.4, 0.5) is 0 Å². The topological polar surface area (TPSA) is 77.5 Å². The third-order valence-electron chi connectivity index (χ3n) is 2.91. The molecule has 0 aromatic carbocycles. The number of aromatic nitrogens is 1. The molecule has 1 aromatic heterocycles. The first kappa shape index (κ1) is 19.7. The smallest absolute Gasteiger partial charge is 0.333 e. The van der Waals surface area contributed by atoms with E-state index in [0.717, 1.165) is 5.56 Å². The Morgan fingerprint density at radius 3 is 2.62 bits per heavy atom. The highest BCUT2D eigenvalue weighted by Gasteiger charge is 2.18. The summed E-state index contributed by atoms with van der Waals surface area (Å²) in [5.74, 6) is -0.752. The van der Waals surface area contributed by atoms with Gasteiger partial charge in [-0.3, -0.25) is 9.78 Å². The average Bonchev–Trinajstić information content (AvgIpc) is 2.45. The maximum atomic E-state index is 11.9. The molecule has 0 bridgehead atoms. The van der Waals surface area contributed by atoms with Crippen LogP contribution in [0.1, 0.15) is 52.6 Å². The van der Waals surface area contributed by atoms with Crippen LogP contribution in [0, 0.1) is 0 Å². The maximum absolute atomic E-state index is 11.9. The second-order valence-electron chi connectivity index (χ2n) is 6.35. The van der Waals surface area contributed by atoms with Crippen molar-refractivity contribution in [2.75, 3.05) is 6.61 Å². The van der Waals surface area contributed by atoms with Crippen LogP contribution in [0.15, 0.2) is 36.3 Å². The Morgan fingerprint density at radius 2 is 2.08 bits per heavy atom. The predicted molar refractivity (Wildman–Crippen MR) is 91.0 cm³/mol. The molecule has 1 heterocycles.